The van der Waals surface area contributed by atoms with Crippen molar-refractivity contribution in [3.8, 4) is 0 Å². The van der Waals surface area contributed by atoms with Crippen LogP contribution in [-0.2, 0) is 6.54 Å². The van der Waals surface area contributed by atoms with E-state index in [-0.39, 0.29) is 0 Å². The van der Waals surface area contributed by atoms with Crippen LogP contribution in [0.25, 0.3) is 4.96 Å². The van der Waals surface area contributed by atoms with Gasteiger partial charge in [0.15, 0.2) is 4.96 Å². The summed E-state index contributed by atoms with van der Waals surface area (Å²) in [6.45, 7) is 6.11. The van der Waals surface area contributed by atoms with Crippen molar-refractivity contribution in [1.82, 2.24) is 14.7 Å². The Bertz CT molecular complexity index is 402. The Morgan fingerprint density at radius 1 is 1.62 bits per heavy atom. The van der Waals surface area contributed by atoms with Gasteiger partial charge in [-0.05, 0) is 13.5 Å². The maximum atomic E-state index is 4.33. The van der Waals surface area contributed by atoms with E-state index in [0.29, 0.717) is 0 Å². The molecule has 13 heavy (non-hydrogen) atoms. The second kappa shape index (κ2) is 3.47. The Labute approximate surface area is 81.4 Å². The van der Waals surface area contributed by atoms with Gasteiger partial charge in [-0.2, -0.15) is 0 Å². The molecule has 0 aromatic carbocycles. The molecule has 2 aromatic heterocycles. The molecule has 2 rings (SSSR count). The van der Waals surface area contributed by atoms with E-state index in [1.54, 1.807) is 11.3 Å². The lowest BCUT2D eigenvalue weighted by Crippen LogP contribution is -2.12. The highest BCUT2D eigenvalue weighted by atomic mass is 32.1. The molecular formula is C9H13N3S. The maximum Gasteiger partial charge on any atom is 0.194 e. The van der Waals surface area contributed by atoms with Crippen LogP contribution in [0.15, 0.2) is 12.4 Å². The van der Waals surface area contributed by atoms with E-state index < -0.39 is 0 Å². The third kappa shape index (κ3) is 1.59. The maximum absolute atomic E-state index is 4.33. The smallest absolute Gasteiger partial charge is 0.194 e. The quantitative estimate of drug-likeness (QED) is 0.809. The molecule has 0 spiro atoms. The fraction of sp³-hybridized carbons (Fsp3) is 0.444. The monoisotopic (exact) mass is 195 g/mol. The summed E-state index contributed by atoms with van der Waals surface area (Å²) in [6.07, 6.45) is 4.08. The number of aromatic nitrogens is 2. The minimum Gasteiger partial charge on any atom is -0.311 e. The van der Waals surface area contributed by atoms with E-state index >= 15 is 0 Å². The Balaban J connectivity index is 2.33. The fourth-order valence-corrected chi connectivity index (χ4v) is 2.15. The van der Waals surface area contributed by atoms with Gasteiger partial charge in [-0.1, -0.05) is 6.92 Å². The molecule has 0 saturated heterocycles. The van der Waals surface area contributed by atoms with Gasteiger partial charge in [-0.25, -0.2) is 4.98 Å². The Morgan fingerprint density at radius 2 is 2.46 bits per heavy atom. The number of rotatable bonds is 3. The van der Waals surface area contributed by atoms with Crippen molar-refractivity contribution in [3.63, 3.8) is 0 Å². The Hall–Kier alpha value is -0.870. The highest BCUT2D eigenvalue weighted by Gasteiger charge is 2.04. The molecule has 0 amide bonds. The van der Waals surface area contributed by atoms with Crippen LogP contribution in [-0.4, -0.2) is 15.9 Å². The number of nitrogens with zero attached hydrogens (tertiary/aromatic N) is 2. The molecule has 70 valence electrons. The van der Waals surface area contributed by atoms with Crippen molar-refractivity contribution in [2.24, 2.45) is 0 Å². The summed E-state index contributed by atoms with van der Waals surface area (Å²) in [6, 6.07) is 0. The third-order valence-electron chi connectivity index (χ3n) is 1.96. The molecule has 0 aliphatic heterocycles. The van der Waals surface area contributed by atoms with Gasteiger partial charge >= 0.3 is 0 Å². The Morgan fingerprint density at radius 3 is 3.23 bits per heavy atom. The molecule has 2 aromatic rings. The van der Waals surface area contributed by atoms with Crippen molar-refractivity contribution < 1.29 is 0 Å². The molecule has 0 radical (unpaired) electrons. The zero-order valence-corrected chi connectivity index (χ0v) is 8.69. The van der Waals surface area contributed by atoms with E-state index in [0.717, 1.165) is 18.1 Å². The first-order chi connectivity index (χ1) is 6.31. The number of thiazole rings is 1. The van der Waals surface area contributed by atoms with Crippen molar-refractivity contribution in [2.45, 2.75) is 20.4 Å². The van der Waals surface area contributed by atoms with Crippen molar-refractivity contribution in [3.05, 3.63) is 23.0 Å². The molecule has 3 nitrogen and oxygen atoms in total. The summed E-state index contributed by atoms with van der Waals surface area (Å²) >= 11 is 1.73. The fourth-order valence-electron chi connectivity index (χ4n) is 1.33. The number of imidazole rings is 1. The molecular weight excluding hydrogens is 182 g/mol. The van der Waals surface area contributed by atoms with Crippen LogP contribution in [0, 0.1) is 6.92 Å². The molecule has 0 bridgehead atoms. The summed E-state index contributed by atoms with van der Waals surface area (Å²) in [5, 5.41) is 3.30. The molecule has 0 aliphatic carbocycles. The first kappa shape index (κ1) is 8.72. The second-order valence-corrected chi connectivity index (χ2v) is 4.24. The third-order valence-corrected chi connectivity index (χ3v) is 2.87. The average Bonchev–Trinajstić information content (AvgIpc) is 2.61. The van der Waals surface area contributed by atoms with Gasteiger partial charge in [0.1, 0.15) is 0 Å². The van der Waals surface area contributed by atoms with Gasteiger partial charge in [-0.15, -0.1) is 11.3 Å². The average molecular weight is 195 g/mol. The van der Waals surface area contributed by atoms with E-state index in [4.69, 9.17) is 0 Å². The number of aryl methyl sites for hydroxylation is 1. The molecule has 4 heteroatoms. The zero-order valence-electron chi connectivity index (χ0n) is 7.87. The normalized spacial score (nSPS) is 11.2. The largest absolute Gasteiger partial charge is 0.311 e. The van der Waals surface area contributed by atoms with Crippen LogP contribution in [0.1, 0.15) is 17.5 Å². The van der Waals surface area contributed by atoms with Gasteiger partial charge in [0.2, 0.25) is 0 Å². The molecule has 0 atom stereocenters. The first-order valence-corrected chi connectivity index (χ1v) is 5.26. The topological polar surface area (TPSA) is 29.3 Å². The van der Waals surface area contributed by atoms with Gasteiger partial charge in [0.25, 0.3) is 0 Å². The lowest BCUT2D eigenvalue weighted by atomic mass is 10.4. The van der Waals surface area contributed by atoms with E-state index in [2.05, 4.69) is 34.7 Å². The summed E-state index contributed by atoms with van der Waals surface area (Å²) in [5.74, 6) is 0. The lowest BCUT2D eigenvalue weighted by molar-refractivity contribution is 0.706. The van der Waals surface area contributed by atoms with Crippen molar-refractivity contribution in [1.29, 1.82) is 0 Å². The van der Waals surface area contributed by atoms with Gasteiger partial charge in [0.05, 0.1) is 11.9 Å². The van der Waals surface area contributed by atoms with Crippen LogP contribution >= 0.6 is 11.3 Å². The van der Waals surface area contributed by atoms with Crippen LogP contribution in [0.4, 0.5) is 0 Å². The highest BCUT2D eigenvalue weighted by Crippen LogP contribution is 2.17. The standard InChI is InChI=1S/C9H13N3S/c1-3-10-4-8-5-11-9-12(8)6-7(2)13-9/h5-6,10H,3-4H2,1-2H3. The molecule has 2 heterocycles. The predicted octanol–water partition coefficient (Wildman–Crippen LogP) is 1.81. The van der Waals surface area contributed by atoms with E-state index in [1.807, 2.05) is 6.20 Å². The zero-order chi connectivity index (χ0) is 9.26. The Kier molecular flexibility index (Phi) is 2.33. The van der Waals surface area contributed by atoms with Crippen molar-refractivity contribution >= 4 is 16.3 Å². The highest BCUT2D eigenvalue weighted by molar-refractivity contribution is 7.16. The molecule has 1 N–H and O–H groups in total. The number of hydrogen-bond acceptors (Lipinski definition) is 3. The van der Waals surface area contributed by atoms with Crippen LogP contribution in [0.2, 0.25) is 0 Å². The van der Waals surface area contributed by atoms with Crippen molar-refractivity contribution in [2.75, 3.05) is 6.54 Å². The van der Waals surface area contributed by atoms with E-state index in [1.165, 1.54) is 10.6 Å². The molecule has 0 aliphatic rings. The van der Waals surface area contributed by atoms with Gasteiger partial charge in [-0.3, -0.25) is 4.40 Å². The SMILES string of the molecule is CCNCc1cnc2sc(C)cn12. The van der Waals surface area contributed by atoms with Crippen LogP contribution < -0.4 is 5.32 Å². The molecule has 0 fully saturated rings. The summed E-state index contributed by atoms with van der Waals surface area (Å²) in [5.41, 5.74) is 1.24. The van der Waals surface area contributed by atoms with E-state index in [9.17, 15) is 0 Å². The summed E-state index contributed by atoms with van der Waals surface area (Å²) in [4.78, 5) is 6.73. The molecule has 0 unspecified atom stereocenters. The minimum atomic E-state index is 0.897. The van der Waals surface area contributed by atoms with Gasteiger partial charge in [0, 0.05) is 17.6 Å². The number of hydrogen-bond donors (Lipinski definition) is 1. The molecule has 0 saturated carbocycles. The van der Waals surface area contributed by atoms with Crippen LogP contribution in [0.5, 0.6) is 0 Å². The summed E-state index contributed by atoms with van der Waals surface area (Å²) in [7, 11) is 0. The predicted molar refractivity (Wildman–Crippen MR) is 55.2 cm³/mol. The minimum absolute atomic E-state index is 0.897. The second-order valence-electron chi connectivity index (χ2n) is 3.02. The first-order valence-electron chi connectivity index (χ1n) is 4.44. The van der Waals surface area contributed by atoms with Crippen LogP contribution in [0.3, 0.4) is 0 Å². The number of fused-ring (bicyclic) bond motifs is 1. The lowest BCUT2D eigenvalue weighted by Gasteiger charge is -1.98. The number of nitrogens with one attached hydrogen (secondary N) is 1. The van der Waals surface area contributed by atoms with Gasteiger partial charge < -0.3 is 5.32 Å². The summed E-state index contributed by atoms with van der Waals surface area (Å²) < 4.78 is 2.16.